The van der Waals surface area contributed by atoms with Crippen molar-refractivity contribution in [3.63, 3.8) is 0 Å². The SMILES string of the molecule is CC/C=C\C/C=C\C/C=C\C/C=C\C/C=C\C/C=C\C/C=C\C/C=C\CCCCCCCCCCCCCCC(=O)OC(COC(=O)CCCCCCCCCCCCCCC/C=C\C/C=C\C/C=C\C/C=C\C/C=C\CC)COP(=O)(O)OCC[N+](C)(C)C. The molecule has 0 aliphatic carbocycles. The number of ether oxygens (including phenoxy) is 2. The van der Waals surface area contributed by atoms with E-state index < -0.39 is 26.5 Å². The van der Waals surface area contributed by atoms with E-state index >= 15 is 0 Å². The molecule has 9 nitrogen and oxygen atoms in total. The molecule has 0 aliphatic rings. The van der Waals surface area contributed by atoms with Gasteiger partial charge in [0, 0.05) is 12.8 Å². The van der Waals surface area contributed by atoms with Gasteiger partial charge >= 0.3 is 19.8 Å². The van der Waals surface area contributed by atoms with Crippen LogP contribution in [0.15, 0.2) is 158 Å². The van der Waals surface area contributed by atoms with E-state index in [4.69, 9.17) is 18.5 Å². The Hall–Kier alpha value is -4.37. The summed E-state index contributed by atoms with van der Waals surface area (Å²) in [5.74, 6) is -0.803. The molecule has 0 saturated carbocycles. The molecule has 0 spiro atoms. The monoisotopic (exact) mass is 1270 g/mol. The van der Waals surface area contributed by atoms with E-state index in [1.807, 2.05) is 21.1 Å². The van der Waals surface area contributed by atoms with Gasteiger partial charge in [-0.1, -0.05) is 307 Å². The highest BCUT2D eigenvalue weighted by Crippen LogP contribution is 2.43. The number of hydrogen-bond acceptors (Lipinski definition) is 7. The van der Waals surface area contributed by atoms with Crippen LogP contribution in [0.25, 0.3) is 0 Å². The first-order valence-corrected chi connectivity index (χ1v) is 37.7. The smallest absolute Gasteiger partial charge is 0.462 e. The Morgan fingerprint density at radius 3 is 0.889 bits per heavy atom. The molecule has 0 aromatic rings. The van der Waals surface area contributed by atoms with Gasteiger partial charge in [0.25, 0.3) is 0 Å². The van der Waals surface area contributed by atoms with E-state index in [0.717, 1.165) is 122 Å². The Morgan fingerprint density at radius 1 is 0.344 bits per heavy atom. The zero-order chi connectivity index (χ0) is 65.5. The van der Waals surface area contributed by atoms with E-state index in [2.05, 4.69) is 172 Å². The molecule has 0 bridgehead atoms. The van der Waals surface area contributed by atoms with Crippen molar-refractivity contribution in [3.05, 3.63) is 158 Å². The van der Waals surface area contributed by atoms with Crippen molar-refractivity contribution in [2.75, 3.05) is 47.5 Å². The zero-order valence-electron chi connectivity index (χ0n) is 58.3. The fourth-order valence-corrected chi connectivity index (χ4v) is 10.3. The summed E-state index contributed by atoms with van der Waals surface area (Å²) in [4.78, 5) is 35.9. The molecule has 0 radical (unpaired) electrons. The number of nitrogens with zero attached hydrogens (tertiary/aromatic N) is 1. The zero-order valence-corrected chi connectivity index (χ0v) is 59.2. The number of carbonyl (C=O) groups is 2. The van der Waals surface area contributed by atoms with Crippen LogP contribution in [0.2, 0.25) is 0 Å². The maximum Gasteiger partial charge on any atom is 0.472 e. The lowest BCUT2D eigenvalue weighted by Crippen LogP contribution is -2.37. The average molecular weight is 1270 g/mol. The third-order valence-electron chi connectivity index (χ3n) is 15.1. The minimum absolute atomic E-state index is 0.0246. The number of unbranched alkanes of at least 4 members (excludes halogenated alkanes) is 25. The molecule has 90 heavy (non-hydrogen) atoms. The maximum absolute atomic E-state index is 12.9. The standard InChI is InChI=1S/C80H134NO8P/c1-6-8-10-12-14-16-18-20-22-24-26-28-30-32-34-36-37-38-39-40-41-42-43-45-47-49-51-53-55-57-59-61-63-65-67-69-71-73-80(83)89-78(77-88-90(84,85)87-75-74-81(3,4)5)76-86-79(82)72-70-68-66-64-62-60-58-56-54-52-50-48-46-44-35-33-31-29-27-25-23-21-19-17-15-13-11-9-7-2/h8-11,14-17,20-23,26-29,32-35,37-38,40-41,43,45,78H,6-7,12-13,18-19,24-25,30-31,36,39,42,44,46-77H2,1-5H3/p+1/b10-8-,11-9-,16-14-,17-15-,22-20-,23-21-,28-26-,29-27-,34-32-,35-33-,38-37-,41-40-,45-43-. The van der Waals surface area contributed by atoms with E-state index in [-0.39, 0.29) is 32.0 Å². The second-order valence-electron chi connectivity index (χ2n) is 24.9. The summed E-state index contributed by atoms with van der Waals surface area (Å²) < 4.78 is 34.8. The lowest BCUT2D eigenvalue weighted by atomic mass is 10.0. The van der Waals surface area contributed by atoms with Gasteiger partial charge in [0.15, 0.2) is 6.10 Å². The summed E-state index contributed by atoms with van der Waals surface area (Å²) in [6, 6.07) is 0. The molecular formula is C80H135NO8P+. The molecule has 0 saturated heterocycles. The third-order valence-corrected chi connectivity index (χ3v) is 16.0. The molecule has 0 aromatic carbocycles. The number of quaternary nitrogens is 1. The molecular weight excluding hydrogens is 1130 g/mol. The van der Waals surface area contributed by atoms with Gasteiger partial charge in [0.1, 0.15) is 19.8 Å². The molecule has 1 N–H and O–H groups in total. The van der Waals surface area contributed by atoms with Gasteiger partial charge in [-0.15, -0.1) is 0 Å². The van der Waals surface area contributed by atoms with Gasteiger partial charge in [0.2, 0.25) is 0 Å². The van der Waals surface area contributed by atoms with Gasteiger partial charge < -0.3 is 18.9 Å². The van der Waals surface area contributed by atoms with Crippen LogP contribution in [0.5, 0.6) is 0 Å². The number of rotatable bonds is 65. The third kappa shape index (κ3) is 72.7. The van der Waals surface area contributed by atoms with E-state index in [1.54, 1.807) is 0 Å². The number of hydrogen-bond donors (Lipinski definition) is 1. The van der Waals surface area contributed by atoms with Crippen molar-refractivity contribution in [2.24, 2.45) is 0 Å². The number of esters is 2. The summed E-state index contributed by atoms with van der Waals surface area (Å²) >= 11 is 0. The molecule has 10 heteroatoms. The largest absolute Gasteiger partial charge is 0.472 e. The minimum Gasteiger partial charge on any atom is -0.462 e. The van der Waals surface area contributed by atoms with E-state index in [0.29, 0.717) is 17.4 Å². The summed E-state index contributed by atoms with van der Waals surface area (Å²) in [7, 11) is 1.46. The normalized spacial score (nSPS) is 14.1. The Morgan fingerprint density at radius 2 is 0.600 bits per heavy atom. The van der Waals surface area contributed by atoms with Crippen LogP contribution in [-0.2, 0) is 32.7 Å². The van der Waals surface area contributed by atoms with Gasteiger partial charge in [0.05, 0.1) is 27.7 Å². The van der Waals surface area contributed by atoms with Gasteiger partial charge in [-0.05, 0) is 122 Å². The quantitative estimate of drug-likeness (QED) is 0.0211. The maximum atomic E-state index is 12.9. The minimum atomic E-state index is -4.40. The van der Waals surface area contributed by atoms with Crippen molar-refractivity contribution in [1.29, 1.82) is 0 Å². The highest BCUT2D eigenvalue weighted by atomic mass is 31.2. The molecule has 0 aromatic heterocycles. The fraction of sp³-hybridized carbons (Fsp3) is 0.650. The fourth-order valence-electron chi connectivity index (χ4n) is 9.59. The van der Waals surface area contributed by atoms with Crippen LogP contribution in [0.3, 0.4) is 0 Å². The molecule has 2 unspecified atom stereocenters. The predicted octanol–water partition coefficient (Wildman–Crippen LogP) is 23.9. The van der Waals surface area contributed by atoms with Crippen molar-refractivity contribution >= 4 is 19.8 Å². The first-order chi connectivity index (χ1) is 44.0. The molecule has 0 rings (SSSR count). The van der Waals surface area contributed by atoms with Crippen LogP contribution in [0.1, 0.15) is 284 Å². The van der Waals surface area contributed by atoms with Crippen molar-refractivity contribution < 1.29 is 42.1 Å². The number of phosphoric ester groups is 1. The molecule has 2 atom stereocenters. The van der Waals surface area contributed by atoms with E-state index in [9.17, 15) is 19.0 Å². The highest BCUT2D eigenvalue weighted by Gasteiger charge is 2.27. The van der Waals surface area contributed by atoms with Crippen LogP contribution >= 0.6 is 7.82 Å². The summed E-state index contributed by atoms with van der Waals surface area (Å²) in [6.45, 7) is 4.21. The predicted molar refractivity (Wildman–Crippen MR) is 390 cm³/mol. The summed E-state index contributed by atoms with van der Waals surface area (Å²) in [5, 5.41) is 0. The first kappa shape index (κ1) is 85.6. The molecule has 0 amide bonds. The Labute approximate surface area is 554 Å². The second-order valence-corrected chi connectivity index (χ2v) is 26.3. The van der Waals surface area contributed by atoms with Crippen LogP contribution in [-0.4, -0.2) is 74.9 Å². The van der Waals surface area contributed by atoms with Crippen molar-refractivity contribution in [3.8, 4) is 0 Å². The molecule has 0 heterocycles. The summed E-state index contributed by atoms with van der Waals surface area (Å²) in [6.07, 6.45) is 103. The number of allylic oxidation sites excluding steroid dienone is 26. The first-order valence-electron chi connectivity index (χ1n) is 36.2. The van der Waals surface area contributed by atoms with Crippen LogP contribution in [0.4, 0.5) is 0 Å². The second kappa shape index (κ2) is 69.0. The number of phosphoric acid groups is 1. The lowest BCUT2D eigenvalue weighted by molar-refractivity contribution is -0.870. The average Bonchev–Trinajstić information content (AvgIpc) is 3.58. The summed E-state index contributed by atoms with van der Waals surface area (Å²) in [5.41, 5.74) is 0. The highest BCUT2D eigenvalue weighted by molar-refractivity contribution is 7.47. The van der Waals surface area contributed by atoms with Crippen LogP contribution in [0, 0.1) is 0 Å². The molecule has 512 valence electrons. The molecule has 0 fully saturated rings. The number of likely N-dealkylation sites (N-methyl/N-ethyl adjacent to an activating group) is 1. The molecule has 0 aliphatic heterocycles. The van der Waals surface area contributed by atoms with Crippen LogP contribution < -0.4 is 0 Å². The Bertz CT molecular complexity index is 2080. The van der Waals surface area contributed by atoms with Gasteiger partial charge in [-0.3, -0.25) is 18.6 Å². The van der Waals surface area contributed by atoms with Gasteiger partial charge in [-0.2, -0.15) is 0 Å². The number of carbonyl (C=O) groups excluding carboxylic acids is 2. The Kier molecular flexibility index (Phi) is 65.6. The Balaban J connectivity index is 4.08. The van der Waals surface area contributed by atoms with E-state index in [1.165, 1.54) is 128 Å². The van der Waals surface area contributed by atoms with Crippen molar-refractivity contribution in [1.82, 2.24) is 0 Å². The lowest BCUT2D eigenvalue weighted by Gasteiger charge is -2.24. The topological polar surface area (TPSA) is 108 Å². The van der Waals surface area contributed by atoms with Crippen molar-refractivity contribution in [2.45, 2.75) is 290 Å². The van der Waals surface area contributed by atoms with Gasteiger partial charge in [-0.25, -0.2) is 4.57 Å².